The summed E-state index contributed by atoms with van der Waals surface area (Å²) in [6.07, 6.45) is 1.71. The molecule has 0 aliphatic carbocycles. The van der Waals surface area contributed by atoms with Crippen LogP contribution in [0.15, 0.2) is 76.1 Å². The summed E-state index contributed by atoms with van der Waals surface area (Å²) in [5.74, 6) is -1.07. The predicted molar refractivity (Wildman–Crippen MR) is 124 cm³/mol. The molecule has 3 heterocycles. The molecule has 1 aliphatic rings. The number of nitrogens with zero attached hydrogens (tertiary/aromatic N) is 2. The summed E-state index contributed by atoms with van der Waals surface area (Å²) in [7, 11) is 1.72. The lowest BCUT2D eigenvalue weighted by Gasteiger charge is -2.28. The highest BCUT2D eigenvalue weighted by molar-refractivity contribution is 9.10. The van der Waals surface area contributed by atoms with Crippen LogP contribution in [0.2, 0.25) is 5.02 Å². The van der Waals surface area contributed by atoms with Crippen molar-refractivity contribution in [3.63, 3.8) is 0 Å². The van der Waals surface area contributed by atoms with E-state index in [1.54, 1.807) is 23.9 Å². The van der Waals surface area contributed by atoms with Gasteiger partial charge in [-0.25, -0.2) is 4.98 Å². The van der Waals surface area contributed by atoms with Crippen LogP contribution in [0, 0.1) is 0 Å². The quantitative estimate of drug-likeness (QED) is 0.387. The minimum absolute atomic E-state index is 0.122. The van der Waals surface area contributed by atoms with Gasteiger partial charge in [0.05, 0.1) is 13.2 Å². The van der Waals surface area contributed by atoms with E-state index < -0.39 is 5.79 Å². The fraction of sp³-hybridized carbons (Fsp3) is 0.167. The number of pyridine rings is 2. The van der Waals surface area contributed by atoms with E-state index in [-0.39, 0.29) is 5.56 Å². The van der Waals surface area contributed by atoms with Crippen LogP contribution in [-0.2, 0) is 22.3 Å². The van der Waals surface area contributed by atoms with Gasteiger partial charge in [0, 0.05) is 45.3 Å². The van der Waals surface area contributed by atoms with E-state index in [9.17, 15) is 4.79 Å². The minimum atomic E-state index is -1.07. The van der Waals surface area contributed by atoms with Crippen molar-refractivity contribution in [2.75, 3.05) is 13.2 Å². The van der Waals surface area contributed by atoms with Gasteiger partial charge in [0.2, 0.25) is 5.79 Å². The lowest BCUT2D eigenvalue weighted by atomic mass is 9.95. The van der Waals surface area contributed by atoms with Crippen LogP contribution in [-0.4, -0.2) is 22.8 Å². The van der Waals surface area contributed by atoms with Crippen molar-refractivity contribution >= 4 is 38.6 Å². The third kappa shape index (κ3) is 3.49. The van der Waals surface area contributed by atoms with E-state index in [0.29, 0.717) is 23.9 Å². The summed E-state index contributed by atoms with van der Waals surface area (Å²) < 4.78 is 14.8. The van der Waals surface area contributed by atoms with Gasteiger partial charge in [0.1, 0.15) is 5.65 Å². The highest BCUT2D eigenvalue weighted by Crippen LogP contribution is 2.40. The topological polar surface area (TPSA) is 53.4 Å². The number of rotatable bonds is 3. The summed E-state index contributed by atoms with van der Waals surface area (Å²) in [6.45, 7) is 0.929. The monoisotopic (exact) mass is 496 g/mol. The van der Waals surface area contributed by atoms with Gasteiger partial charge in [-0.2, -0.15) is 0 Å². The molecule has 0 spiro atoms. The molecule has 31 heavy (non-hydrogen) atoms. The SMILES string of the molecule is Cn1c(=O)cc(-c2cccc(Br)c2)c2cc(C3(c4ccc(Cl)cc4)OCCO3)cnc21. The van der Waals surface area contributed by atoms with E-state index in [4.69, 9.17) is 21.1 Å². The van der Waals surface area contributed by atoms with Gasteiger partial charge in [-0.05, 0) is 41.5 Å². The van der Waals surface area contributed by atoms with E-state index in [1.807, 2.05) is 54.6 Å². The first-order chi connectivity index (χ1) is 15.0. The lowest BCUT2D eigenvalue weighted by molar-refractivity contribution is -0.130. The van der Waals surface area contributed by atoms with Gasteiger partial charge in [-0.15, -0.1) is 0 Å². The molecule has 0 N–H and O–H groups in total. The first-order valence-corrected chi connectivity index (χ1v) is 11.0. The molecule has 0 saturated carbocycles. The molecule has 2 aromatic heterocycles. The molecule has 7 heteroatoms. The molecule has 5 rings (SSSR count). The predicted octanol–water partition coefficient (Wildman–Crippen LogP) is 5.26. The van der Waals surface area contributed by atoms with Gasteiger partial charge in [-0.3, -0.25) is 9.36 Å². The Kier molecular flexibility index (Phi) is 5.18. The number of halogens is 2. The number of benzene rings is 2. The maximum atomic E-state index is 12.6. The van der Waals surface area contributed by atoms with E-state index in [1.165, 1.54) is 0 Å². The van der Waals surface area contributed by atoms with E-state index >= 15 is 0 Å². The summed E-state index contributed by atoms with van der Waals surface area (Å²) in [6, 6.07) is 18.9. The van der Waals surface area contributed by atoms with E-state index in [2.05, 4.69) is 20.9 Å². The number of aromatic nitrogens is 2. The maximum Gasteiger partial charge on any atom is 0.252 e. The van der Waals surface area contributed by atoms with Gasteiger partial charge >= 0.3 is 0 Å². The number of fused-ring (bicyclic) bond motifs is 1. The fourth-order valence-corrected chi connectivity index (χ4v) is 4.51. The van der Waals surface area contributed by atoms with Crippen molar-refractivity contribution in [3.8, 4) is 11.1 Å². The molecule has 1 fully saturated rings. The zero-order valence-electron chi connectivity index (χ0n) is 16.6. The Labute approximate surface area is 192 Å². The molecule has 5 nitrogen and oxygen atoms in total. The second kappa shape index (κ2) is 7.88. The lowest BCUT2D eigenvalue weighted by Crippen LogP contribution is -2.29. The average molecular weight is 498 g/mol. The molecule has 156 valence electrons. The van der Waals surface area contributed by atoms with Crippen molar-refractivity contribution in [1.29, 1.82) is 0 Å². The Morgan fingerprint density at radius 2 is 1.77 bits per heavy atom. The highest BCUT2D eigenvalue weighted by atomic mass is 79.9. The zero-order valence-corrected chi connectivity index (χ0v) is 19.0. The summed E-state index contributed by atoms with van der Waals surface area (Å²) in [5, 5.41) is 1.48. The normalized spacial score (nSPS) is 15.5. The van der Waals surface area contributed by atoms with Crippen LogP contribution < -0.4 is 5.56 Å². The molecule has 0 bridgehead atoms. The molecule has 0 radical (unpaired) electrons. The Bertz CT molecular complexity index is 1350. The molecule has 0 atom stereocenters. The number of ether oxygens (including phenoxy) is 2. The Morgan fingerprint density at radius 1 is 1.03 bits per heavy atom. The van der Waals surface area contributed by atoms with E-state index in [0.717, 1.165) is 32.1 Å². The Hall–Kier alpha value is -2.51. The van der Waals surface area contributed by atoms with Gasteiger partial charge in [-0.1, -0.05) is 51.8 Å². The third-order valence-corrected chi connectivity index (χ3v) is 6.25. The average Bonchev–Trinajstić information content (AvgIpc) is 3.27. The van der Waals surface area contributed by atoms with Crippen LogP contribution in [0.5, 0.6) is 0 Å². The Morgan fingerprint density at radius 3 is 2.48 bits per heavy atom. The summed E-state index contributed by atoms with van der Waals surface area (Å²) >= 11 is 9.61. The van der Waals surface area contributed by atoms with Gasteiger partial charge in [0.25, 0.3) is 5.56 Å². The van der Waals surface area contributed by atoms with Gasteiger partial charge < -0.3 is 9.47 Å². The maximum absolute atomic E-state index is 12.6. The molecular weight excluding hydrogens is 480 g/mol. The first kappa shape index (κ1) is 20.4. The molecule has 2 aromatic carbocycles. The molecule has 0 unspecified atom stereocenters. The number of hydrogen-bond donors (Lipinski definition) is 0. The second-order valence-corrected chi connectivity index (χ2v) is 8.73. The van der Waals surface area contributed by atoms with Crippen molar-refractivity contribution in [3.05, 3.63) is 97.8 Å². The van der Waals surface area contributed by atoms with Crippen LogP contribution in [0.25, 0.3) is 22.2 Å². The zero-order chi connectivity index (χ0) is 21.6. The Balaban J connectivity index is 1.77. The van der Waals surface area contributed by atoms with Crippen molar-refractivity contribution in [2.24, 2.45) is 7.05 Å². The smallest absolute Gasteiger partial charge is 0.252 e. The van der Waals surface area contributed by atoms with Crippen molar-refractivity contribution in [1.82, 2.24) is 9.55 Å². The summed E-state index contributed by atoms with van der Waals surface area (Å²) in [5.41, 5.74) is 3.79. The number of hydrogen-bond acceptors (Lipinski definition) is 4. The minimum Gasteiger partial charge on any atom is -0.340 e. The molecular formula is C24H18BrClN2O3. The molecule has 4 aromatic rings. The largest absolute Gasteiger partial charge is 0.340 e. The first-order valence-electron chi connectivity index (χ1n) is 9.78. The second-order valence-electron chi connectivity index (χ2n) is 7.38. The van der Waals surface area contributed by atoms with Gasteiger partial charge in [0.15, 0.2) is 0 Å². The standard InChI is InChI=1S/C24H18BrClN2O3/c1-28-22(29)13-20(15-3-2-4-18(25)11-15)21-12-17(14-27-23(21)28)24(30-9-10-31-24)16-5-7-19(26)8-6-16/h2-8,11-14H,9-10H2,1H3. The molecule has 1 saturated heterocycles. The molecule has 0 amide bonds. The number of aryl methyl sites for hydroxylation is 1. The third-order valence-electron chi connectivity index (χ3n) is 5.51. The molecule has 1 aliphatic heterocycles. The van der Waals surface area contributed by atoms with Crippen LogP contribution in [0.1, 0.15) is 11.1 Å². The summed E-state index contributed by atoms with van der Waals surface area (Å²) in [4.78, 5) is 17.3. The highest BCUT2D eigenvalue weighted by Gasteiger charge is 2.41. The fourth-order valence-electron chi connectivity index (χ4n) is 3.98. The van der Waals surface area contributed by atoms with Crippen LogP contribution in [0.4, 0.5) is 0 Å². The van der Waals surface area contributed by atoms with Crippen molar-refractivity contribution < 1.29 is 9.47 Å². The van der Waals surface area contributed by atoms with Crippen LogP contribution >= 0.6 is 27.5 Å². The van der Waals surface area contributed by atoms with Crippen LogP contribution in [0.3, 0.4) is 0 Å². The van der Waals surface area contributed by atoms with Crippen molar-refractivity contribution in [2.45, 2.75) is 5.79 Å².